The van der Waals surface area contributed by atoms with Crippen molar-refractivity contribution in [2.24, 2.45) is 0 Å². The van der Waals surface area contributed by atoms with Gasteiger partial charge < -0.3 is 9.72 Å². The summed E-state index contributed by atoms with van der Waals surface area (Å²) in [6.07, 6.45) is 6.54. The predicted molar refractivity (Wildman–Crippen MR) is 67.7 cm³/mol. The van der Waals surface area contributed by atoms with E-state index < -0.39 is 0 Å². The molecule has 0 aliphatic carbocycles. The van der Waals surface area contributed by atoms with E-state index in [9.17, 15) is 0 Å². The quantitative estimate of drug-likeness (QED) is 0.870. The first-order valence-corrected chi connectivity index (χ1v) is 6.47. The molecule has 2 aromatic heterocycles. The lowest BCUT2D eigenvalue weighted by molar-refractivity contribution is 0.445. The number of nitrogens with zero attached hydrogens (tertiary/aromatic N) is 2. The number of fused-ring (bicyclic) bond motifs is 1. The van der Waals surface area contributed by atoms with Crippen molar-refractivity contribution in [3.05, 3.63) is 34.8 Å². The molecule has 1 unspecified atom stereocenters. The highest BCUT2D eigenvalue weighted by atomic mass is 79.9. The van der Waals surface area contributed by atoms with Crippen LogP contribution in [-0.2, 0) is 0 Å². The maximum atomic E-state index is 4.56. The summed E-state index contributed by atoms with van der Waals surface area (Å²) in [5.74, 6) is 1.73. The van der Waals surface area contributed by atoms with Crippen LogP contribution in [0.2, 0.25) is 0 Å². The van der Waals surface area contributed by atoms with Crippen molar-refractivity contribution in [1.82, 2.24) is 14.7 Å². The molecule has 1 saturated heterocycles. The number of halogens is 1. The van der Waals surface area contributed by atoms with Crippen molar-refractivity contribution >= 4 is 21.4 Å². The van der Waals surface area contributed by atoms with Gasteiger partial charge >= 0.3 is 0 Å². The number of rotatable bonds is 1. The molecule has 3 heterocycles. The van der Waals surface area contributed by atoms with Gasteiger partial charge in [0.15, 0.2) is 0 Å². The molecule has 84 valence electrons. The van der Waals surface area contributed by atoms with Gasteiger partial charge in [0.1, 0.15) is 5.82 Å². The fraction of sp³-hybridized carbons (Fsp3) is 0.417. The van der Waals surface area contributed by atoms with Gasteiger partial charge in [0.05, 0.1) is 11.7 Å². The van der Waals surface area contributed by atoms with E-state index in [0.717, 1.165) is 17.6 Å². The molecule has 1 aliphatic heterocycles. The van der Waals surface area contributed by atoms with Gasteiger partial charge in [0.25, 0.3) is 0 Å². The fourth-order valence-electron chi connectivity index (χ4n) is 2.36. The molecule has 3 nitrogen and oxygen atoms in total. The SMILES string of the molecule is Brc1ccc2cnc(C3CCCNC3)n2c1. The molecule has 16 heavy (non-hydrogen) atoms. The maximum absolute atomic E-state index is 4.56. The Labute approximate surface area is 103 Å². The normalized spacial score (nSPS) is 21.4. The molecule has 1 fully saturated rings. The van der Waals surface area contributed by atoms with Crippen LogP contribution in [0, 0.1) is 0 Å². The lowest BCUT2D eigenvalue weighted by Crippen LogP contribution is -2.29. The maximum Gasteiger partial charge on any atom is 0.117 e. The first-order chi connectivity index (χ1) is 7.84. The van der Waals surface area contributed by atoms with Crippen molar-refractivity contribution < 1.29 is 0 Å². The highest BCUT2D eigenvalue weighted by Crippen LogP contribution is 2.24. The van der Waals surface area contributed by atoms with Gasteiger partial charge in [-0.15, -0.1) is 0 Å². The van der Waals surface area contributed by atoms with E-state index in [-0.39, 0.29) is 0 Å². The van der Waals surface area contributed by atoms with Crippen LogP contribution in [0.15, 0.2) is 29.0 Å². The summed E-state index contributed by atoms with van der Waals surface area (Å²) >= 11 is 3.51. The number of aromatic nitrogens is 2. The van der Waals surface area contributed by atoms with Gasteiger partial charge in [0.2, 0.25) is 0 Å². The van der Waals surface area contributed by atoms with E-state index >= 15 is 0 Å². The third-order valence-corrected chi connectivity index (χ3v) is 3.65. The Morgan fingerprint density at radius 2 is 2.38 bits per heavy atom. The molecule has 1 N–H and O–H groups in total. The minimum Gasteiger partial charge on any atom is -0.316 e. The highest BCUT2D eigenvalue weighted by molar-refractivity contribution is 9.10. The number of hydrogen-bond acceptors (Lipinski definition) is 2. The first kappa shape index (κ1) is 10.3. The lowest BCUT2D eigenvalue weighted by Gasteiger charge is -2.21. The number of hydrogen-bond donors (Lipinski definition) is 1. The van der Waals surface area contributed by atoms with Crippen LogP contribution in [0.25, 0.3) is 5.52 Å². The highest BCUT2D eigenvalue weighted by Gasteiger charge is 2.19. The average Bonchev–Trinajstić information content (AvgIpc) is 2.73. The lowest BCUT2D eigenvalue weighted by atomic mass is 9.99. The minimum absolute atomic E-state index is 0.547. The van der Waals surface area contributed by atoms with E-state index in [0.29, 0.717) is 5.92 Å². The van der Waals surface area contributed by atoms with Crippen molar-refractivity contribution in [3.63, 3.8) is 0 Å². The Morgan fingerprint density at radius 3 is 3.19 bits per heavy atom. The Morgan fingerprint density at radius 1 is 1.44 bits per heavy atom. The molecule has 0 bridgehead atoms. The molecule has 0 spiro atoms. The van der Waals surface area contributed by atoms with Crippen molar-refractivity contribution in [1.29, 1.82) is 0 Å². The molecule has 2 aromatic rings. The zero-order valence-electron chi connectivity index (χ0n) is 8.99. The summed E-state index contributed by atoms with van der Waals surface area (Å²) in [6, 6.07) is 4.15. The van der Waals surface area contributed by atoms with Crippen molar-refractivity contribution in [3.8, 4) is 0 Å². The zero-order valence-corrected chi connectivity index (χ0v) is 10.6. The molecule has 0 radical (unpaired) electrons. The minimum atomic E-state index is 0.547. The van der Waals surface area contributed by atoms with Gasteiger partial charge in [-0.2, -0.15) is 0 Å². The number of pyridine rings is 1. The second-order valence-corrected chi connectivity index (χ2v) is 5.22. The van der Waals surface area contributed by atoms with Crippen LogP contribution in [0.5, 0.6) is 0 Å². The first-order valence-electron chi connectivity index (χ1n) is 5.68. The van der Waals surface area contributed by atoms with Crippen LogP contribution < -0.4 is 5.32 Å². The number of piperidine rings is 1. The Hall–Kier alpha value is -0.870. The summed E-state index contributed by atoms with van der Waals surface area (Å²) in [7, 11) is 0. The van der Waals surface area contributed by atoms with Crippen LogP contribution in [0.4, 0.5) is 0 Å². The molecule has 4 heteroatoms. The molecule has 1 atom stereocenters. The van der Waals surface area contributed by atoms with Gasteiger partial charge in [-0.1, -0.05) is 0 Å². The third-order valence-electron chi connectivity index (χ3n) is 3.18. The number of imidazole rings is 1. The van der Waals surface area contributed by atoms with Crippen LogP contribution >= 0.6 is 15.9 Å². The molecule has 0 saturated carbocycles. The Kier molecular flexibility index (Phi) is 2.69. The molecular formula is C12H14BrN3. The molecule has 0 aromatic carbocycles. The summed E-state index contributed by atoms with van der Waals surface area (Å²) < 4.78 is 3.30. The van der Waals surface area contributed by atoms with E-state index in [2.05, 4.69) is 49.0 Å². The summed E-state index contributed by atoms with van der Waals surface area (Å²) in [5.41, 5.74) is 1.17. The van der Waals surface area contributed by atoms with Gasteiger partial charge in [-0.05, 0) is 47.4 Å². The summed E-state index contributed by atoms with van der Waals surface area (Å²) in [4.78, 5) is 4.56. The van der Waals surface area contributed by atoms with Crippen LogP contribution in [-0.4, -0.2) is 22.5 Å². The van der Waals surface area contributed by atoms with E-state index in [1.165, 1.54) is 24.2 Å². The van der Waals surface area contributed by atoms with E-state index in [1.54, 1.807) is 0 Å². The smallest absolute Gasteiger partial charge is 0.117 e. The molecule has 3 rings (SSSR count). The molecule has 0 amide bonds. The summed E-state index contributed by atoms with van der Waals surface area (Å²) in [6.45, 7) is 2.19. The fourth-order valence-corrected chi connectivity index (χ4v) is 2.70. The van der Waals surface area contributed by atoms with Crippen molar-refractivity contribution in [2.45, 2.75) is 18.8 Å². The van der Waals surface area contributed by atoms with Gasteiger partial charge in [-0.3, -0.25) is 0 Å². The second kappa shape index (κ2) is 4.18. The van der Waals surface area contributed by atoms with Crippen molar-refractivity contribution in [2.75, 3.05) is 13.1 Å². The zero-order chi connectivity index (χ0) is 11.0. The van der Waals surface area contributed by atoms with Crippen LogP contribution in [0.1, 0.15) is 24.6 Å². The Bertz CT molecular complexity index is 500. The van der Waals surface area contributed by atoms with Gasteiger partial charge in [-0.25, -0.2) is 4.98 Å². The van der Waals surface area contributed by atoms with Crippen LogP contribution in [0.3, 0.4) is 0 Å². The largest absolute Gasteiger partial charge is 0.316 e. The van der Waals surface area contributed by atoms with Gasteiger partial charge in [0, 0.05) is 23.1 Å². The standard InChI is InChI=1S/C12H14BrN3/c13-10-3-4-11-7-15-12(16(11)8-10)9-2-1-5-14-6-9/h3-4,7-9,14H,1-2,5-6H2. The second-order valence-electron chi connectivity index (χ2n) is 4.30. The summed E-state index contributed by atoms with van der Waals surface area (Å²) in [5, 5.41) is 3.44. The topological polar surface area (TPSA) is 29.3 Å². The molecular weight excluding hydrogens is 266 g/mol. The number of nitrogens with one attached hydrogen (secondary N) is 1. The Balaban J connectivity index is 2.05. The monoisotopic (exact) mass is 279 g/mol. The molecule has 1 aliphatic rings. The third kappa shape index (κ3) is 1.76. The predicted octanol–water partition coefficient (Wildman–Crippen LogP) is 2.56. The average molecular weight is 280 g/mol. The van der Waals surface area contributed by atoms with E-state index in [4.69, 9.17) is 0 Å². The van der Waals surface area contributed by atoms with E-state index in [1.807, 2.05) is 6.20 Å².